The van der Waals surface area contributed by atoms with Gasteiger partial charge in [-0.05, 0) is 24.4 Å². The summed E-state index contributed by atoms with van der Waals surface area (Å²) in [6.45, 7) is 2.06. The first-order valence-corrected chi connectivity index (χ1v) is 6.04. The van der Waals surface area contributed by atoms with Crippen LogP contribution in [-0.2, 0) is 0 Å². The van der Waals surface area contributed by atoms with E-state index < -0.39 is 0 Å². The zero-order valence-electron chi connectivity index (χ0n) is 9.44. The van der Waals surface area contributed by atoms with Crippen LogP contribution >= 0.6 is 11.3 Å². The van der Waals surface area contributed by atoms with E-state index in [0.717, 1.165) is 16.2 Å². The standard InChI is InChI=1S/C13H15NOS/c1-9-5-6-11(15-2)10(8-9)13(14)12-4-3-7-16-12/h3-8,13H,14H2,1-2H3. The first-order chi connectivity index (χ1) is 7.72. The normalized spacial score (nSPS) is 12.4. The van der Waals surface area contributed by atoms with Gasteiger partial charge in [-0.15, -0.1) is 11.3 Å². The molecule has 2 nitrogen and oxygen atoms in total. The molecule has 0 amide bonds. The van der Waals surface area contributed by atoms with Gasteiger partial charge in [0, 0.05) is 10.4 Å². The van der Waals surface area contributed by atoms with Crippen molar-refractivity contribution in [2.75, 3.05) is 7.11 Å². The van der Waals surface area contributed by atoms with Gasteiger partial charge in [-0.3, -0.25) is 0 Å². The maximum atomic E-state index is 6.24. The van der Waals surface area contributed by atoms with E-state index in [-0.39, 0.29) is 6.04 Å². The van der Waals surface area contributed by atoms with Gasteiger partial charge in [-0.1, -0.05) is 23.8 Å². The van der Waals surface area contributed by atoms with Gasteiger partial charge in [0.25, 0.3) is 0 Å². The van der Waals surface area contributed by atoms with E-state index in [1.807, 2.05) is 23.6 Å². The molecule has 1 heterocycles. The number of thiophene rings is 1. The number of methoxy groups -OCH3 is 1. The Bertz CT molecular complexity index is 465. The molecule has 0 spiro atoms. The maximum Gasteiger partial charge on any atom is 0.124 e. The second kappa shape index (κ2) is 4.68. The fourth-order valence-corrected chi connectivity index (χ4v) is 2.46. The van der Waals surface area contributed by atoms with Gasteiger partial charge in [0.2, 0.25) is 0 Å². The molecule has 2 rings (SSSR count). The fraction of sp³-hybridized carbons (Fsp3) is 0.231. The van der Waals surface area contributed by atoms with Crippen molar-refractivity contribution in [3.63, 3.8) is 0 Å². The lowest BCUT2D eigenvalue weighted by Gasteiger charge is -2.15. The van der Waals surface area contributed by atoms with Gasteiger partial charge in [-0.25, -0.2) is 0 Å². The molecule has 0 aliphatic heterocycles. The van der Waals surface area contributed by atoms with Gasteiger partial charge < -0.3 is 10.5 Å². The van der Waals surface area contributed by atoms with E-state index in [2.05, 4.69) is 19.1 Å². The molecule has 0 saturated heterocycles. The zero-order chi connectivity index (χ0) is 11.5. The number of hydrogen-bond acceptors (Lipinski definition) is 3. The topological polar surface area (TPSA) is 35.2 Å². The molecule has 1 aromatic carbocycles. The Labute approximate surface area is 99.7 Å². The van der Waals surface area contributed by atoms with E-state index in [9.17, 15) is 0 Å². The number of benzene rings is 1. The molecule has 0 aliphatic rings. The van der Waals surface area contributed by atoms with Gasteiger partial charge >= 0.3 is 0 Å². The summed E-state index contributed by atoms with van der Waals surface area (Å²) >= 11 is 1.67. The van der Waals surface area contributed by atoms with Gasteiger partial charge in [0.1, 0.15) is 5.75 Å². The Hall–Kier alpha value is -1.32. The van der Waals surface area contributed by atoms with Crippen LogP contribution in [0.4, 0.5) is 0 Å². The number of hydrogen-bond donors (Lipinski definition) is 1. The van der Waals surface area contributed by atoms with E-state index in [1.165, 1.54) is 5.56 Å². The van der Waals surface area contributed by atoms with Crippen LogP contribution < -0.4 is 10.5 Å². The molecular formula is C13H15NOS. The van der Waals surface area contributed by atoms with E-state index >= 15 is 0 Å². The van der Waals surface area contributed by atoms with Gasteiger partial charge in [-0.2, -0.15) is 0 Å². The molecule has 2 N–H and O–H groups in total. The second-order valence-corrected chi connectivity index (χ2v) is 4.72. The van der Waals surface area contributed by atoms with E-state index in [0.29, 0.717) is 0 Å². The summed E-state index contributed by atoms with van der Waals surface area (Å²) in [7, 11) is 1.68. The summed E-state index contributed by atoms with van der Waals surface area (Å²) in [5.41, 5.74) is 8.48. The summed E-state index contributed by atoms with van der Waals surface area (Å²) in [6.07, 6.45) is 0. The summed E-state index contributed by atoms with van der Waals surface area (Å²) in [5.74, 6) is 0.853. The molecule has 0 aliphatic carbocycles. The Morgan fingerprint density at radius 3 is 2.75 bits per heavy atom. The molecule has 0 fully saturated rings. The molecule has 1 aromatic heterocycles. The van der Waals surface area contributed by atoms with Crippen LogP contribution in [-0.4, -0.2) is 7.11 Å². The molecule has 84 valence electrons. The third-order valence-electron chi connectivity index (χ3n) is 2.57. The average molecular weight is 233 g/mol. The minimum absolute atomic E-state index is 0.102. The highest BCUT2D eigenvalue weighted by Crippen LogP contribution is 2.31. The van der Waals surface area contributed by atoms with Gasteiger partial charge in [0.15, 0.2) is 0 Å². The Morgan fingerprint density at radius 1 is 1.31 bits per heavy atom. The summed E-state index contributed by atoms with van der Waals surface area (Å²) in [4.78, 5) is 1.16. The van der Waals surface area contributed by atoms with Crippen molar-refractivity contribution in [1.82, 2.24) is 0 Å². The third kappa shape index (κ3) is 2.10. The van der Waals surface area contributed by atoms with Crippen molar-refractivity contribution >= 4 is 11.3 Å². The number of rotatable bonds is 3. The number of ether oxygens (including phenoxy) is 1. The quantitative estimate of drug-likeness (QED) is 0.884. The first-order valence-electron chi connectivity index (χ1n) is 5.16. The molecule has 1 unspecified atom stereocenters. The fourth-order valence-electron chi connectivity index (χ4n) is 1.72. The van der Waals surface area contributed by atoms with Crippen LogP contribution in [0.25, 0.3) is 0 Å². The maximum absolute atomic E-state index is 6.24. The molecule has 0 saturated carbocycles. The lowest BCUT2D eigenvalue weighted by atomic mass is 10.0. The van der Waals surface area contributed by atoms with Crippen molar-refractivity contribution < 1.29 is 4.74 Å². The smallest absolute Gasteiger partial charge is 0.124 e. The lowest BCUT2D eigenvalue weighted by molar-refractivity contribution is 0.408. The summed E-state index contributed by atoms with van der Waals surface area (Å²) < 4.78 is 5.34. The molecule has 0 radical (unpaired) electrons. The van der Waals surface area contributed by atoms with Crippen LogP contribution in [0.3, 0.4) is 0 Å². The SMILES string of the molecule is COc1ccc(C)cc1C(N)c1cccs1. The Morgan fingerprint density at radius 2 is 2.12 bits per heavy atom. The predicted octanol–water partition coefficient (Wildman–Crippen LogP) is 3.11. The van der Waals surface area contributed by atoms with Gasteiger partial charge in [0.05, 0.1) is 13.2 Å². The van der Waals surface area contributed by atoms with Crippen LogP contribution in [0.5, 0.6) is 5.75 Å². The molecule has 16 heavy (non-hydrogen) atoms. The van der Waals surface area contributed by atoms with Crippen LogP contribution in [0.1, 0.15) is 22.0 Å². The molecule has 3 heteroatoms. The molecule has 0 bridgehead atoms. The highest BCUT2D eigenvalue weighted by atomic mass is 32.1. The van der Waals surface area contributed by atoms with Crippen LogP contribution in [0.15, 0.2) is 35.7 Å². The zero-order valence-corrected chi connectivity index (χ0v) is 10.3. The second-order valence-electron chi connectivity index (χ2n) is 3.74. The Kier molecular flexibility index (Phi) is 3.27. The molecule has 2 aromatic rings. The summed E-state index contributed by atoms with van der Waals surface area (Å²) in [5, 5.41) is 2.04. The van der Waals surface area contributed by atoms with Crippen molar-refractivity contribution in [2.24, 2.45) is 5.73 Å². The minimum Gasteiger partial charge on any atom is -0.496 e. The predicted molar refractivity (Wildman–Crippen MR) is 68.1 cm³/mol. The number of aryl methyl sites for hydroxylation is 1. The van der Waals surface area contributed by atoms with Crippen molar-refractivity contribution in [1.29, 1.82) is 0 Å². The van der Waals surface area contributed by atoms with E-state index in [4.69, 9.17) is 10.5 Å². The lowest BCUT2D eigenvalue weighted by Crippen LogP contribution is -2.11. The average Bonchev–Trinajstić information content (AvgIpc) is 2.81. The molecule has 1 atom stereocenters. The minimum atomic E-state index is -0.102. The van der Waals surface area contributed by atoms with E-state index in [1.54, 1.807) is 18.4 Å². The van der Waals surface area contributed by atoms with Crippen LogP contribution in [0.2, 0.25) is 0 Å². The first kappa shape index (κ1) is 11.2. The highest BCUT2D eigenvalue weighted by molar-refractivity contribution is 7.10. The largest absolute Gasteiger partial charge is 0.496 e. The molecular weight excluding hydrogens is 218 g/mol. The van der Waals surface area contributed by atoms with Crippen molar-refractivity contribution in [3.05, 3.63) is 51.7 Å². The Balaban J connectivity index is 2.42. The van der Waals surface area contributed by atoms with Crippen molar-refractivity contribution in [2.45, 2.75) is 13.0 Å². The van der Waals surface area contributed by atoms with Crippen molar-refractivity contribution in [3.8, 4) is 5.75 Å². The summed E-state index contributed by atoms with van der Waals surface area (Å²) in [6, 6.07) is 10.1. The third-order valence-corrected chi connectivity index (χ3v) is 3.53. The monoisotopic (exact) mass is 233 g/mol. The highest BCUT2D eigenvalue weighted by Gasteiger charge is 2.14. The number of nitrogens with two attached hydrogens (primary N) is 1. The van der Waals surface area contributed by atoms with Crippen LogP contribution in [0, 0.1) is 6.92 Å².